The van der Waals surface area contributed by atoms with E-state index in [0.717, 1.165) is 48.0 Å². The Balaban J connectivity index is 2.00. The molecule has 1 heterocycles. The maximum absolute atomic E-state index is 2.23. The molecule has 1 saturated heterocycles. The molecular formula is S4Se4. The van der Waals surface area contributed by atoms with Gasteiger partial charge in [0.15, 0.2) is 0 Å². The van der Waals surface area contributed by atoms with Gasteiger partial charge in [-0.2, -0.15) is 0 Å². The Morgan fingerprint density at radius 3 is 3.00 bits per heavy atom. The van der Waals surface area contributed by atoms with Gasteiger partial charge in [0, 0.05) is 0 Å². The first-order valence-corrected chi connectivity index (χ1v) is 22.4. The van der Waals surface area contributed by atoms with Gasteiger partial charge in [0.1, 0.15) is 0 Å². The first kappa shape index (κ1) is 9.57. The third-order valence-electron chi connectivity index (χ3n) is 0.222. The molecule has 8 heteroatoms. The second kappa shape index (κ2) is 7.14. The summed E-state index contributed by atoms with van der Waals surface area (Å²) >= 11 is 3.89. The van der Waals surface area contributed by atoms with E-state index in [4.69, 9.17) is 0 Å². The molecule has 0 nitrogen and oxygen atoms in total. The van der Waals surface area contributed by atoms with E-state index < -0.39 is 0 Å². The van der Waals surface area contributed by atoms with Crippen molar-refractivity contribution in [3.05, 3.63) is 0 Å². The molecule has 8 heavy (non-hydrogen) atoms. The topological polar surface area (TPSA) is 0 Å². The van der Waals surface area contributed by atoms with Crippen molar-refractivity contribution in [3.63, 3.8) is 0 Å². The third-order valence-corrected chi connectivity index (χ3v) is 60.3. The second-order valence-electron chi connectivity index (χ2n) is 0.544. The molecule has 0 atom stereocenters. The first-order chi connectivity index (χ1) is 4.00. The van der Waals surface area contributed by atoms with Crippen molar-refractivity contribution in [1.82, 2.24) is 0 Å². The SMILES string of the molecule is S1S[Se]S[Se][Se][Se]S1. The van der Waals surface area contributed by atoms with Crippen LogP contribution in [0, 0.1) is 0 Å². The molecule has 1 aliphatic rings. The molecule has 0 aliphatic carbocycles. The van der Waals surface area contributed by atoms with Gasteiger partial charge < -0.3 is 0 Å². The Hall–Kier alpha value is 3.48. The molecule has 0 saturated carbocycles. The summed E-state index contributed by atoms with van der Waals surface area (Å²) in [5.41, 5.74) is 0. The molecule has 0 unspecified atom stereocenters. The van der Waals surface area contributed by atoms with Gasteiger partial charge in [-0.25, -0.2) is 0 Å². The van der Waals surface area contributed by atoms with Crippen molar-refractivity contribution in [2.24, 2.45) is 0 Å². The Labute approximate surface area is 83.2 Å². The van der Waals surface area contributed by atoms with E-state index in [1.807, 2.05) is 9.83 Å². The van der Waals surface area contributed by atoms with Crippen molar-refractivity contribution in [3.8, 4) is 0 Å². The summed E-state index contributed by atoms with van der Waals surface area (Å²) in [5, 5.41) is 0. The Bertz CT molecular complexity index is 32.0. The van der Waals surface area contributed by atoms with Crippen molar-refractivity contribution in [1.29, 1.82) is 0 Å². The average molecular weight is 444 g/mol. The number of hydrogen-bond donors (Lipinski definition) is 0. The number of rotatable bonds is 0. The minimum atomic E-state index is 0.857. The summed E-state index contributed by atoms with van der Waals surface area (Å²) in [5.74, 6) is 0. The molecule has 0 aromatic rings. The van der Waals surface area contributed by atoms with Crippen molar-refractivity contribution >= 4 is 84.9 Å². The van der Waals surface area contributed by atoms with E-state index in [9.17, 15) is 0 Å². The van der Waals surface area contributed by atoms with E-state index in [1.54, 1.807) is 0 Å². The zero-order valence-corrected chi connectivity index (χ0v) is 13.4. The molecule has 1 fully saturated rings. The zero-order valence-electron chi connectivity index (χ0n) is 3.27. The number of hydrogen-bond acceptors (Lipinski definition) is 4. The fourth-order valence-electron chi connectivity index (χ4n) is 0.0907. The van der Waals surface area contributed by atoms with Crippen LogP contribution in [-0.4, -0.2) is 48.0 Å². The van der Waals surface area contributed by atoms with Gasteiger partial charge in [-0.05, 0) is 0 Å². The summed E-state index contributed by atoms with van der Waals surface area (Å²) < 4.78 is 0. The van der Waals surface area contributed by atoms with Crippen LogP contribution < -0.4 is 0 Å². The Kier molecular flexibility index (Phi) is 8.54. The van der Waals surface area contributed by atoms with E-state index in [-0.39, 0.29) is 0 Å². The van der Waals surface area contributed by atoms with Gasteiger partial charge in [-0.3, -0.25) is 0 Å². The quantitative estimate of drug-likeness (QED) is 0.405. The summed E-state index contributed by atoms with van der Waals surface area (Å²) in [6.45, 7) is 0. The molecular weight excluding hydrogens is 444 g/mol. The van der Waals surface area contributed by atoms with Crippen LogP contribution in [0.1, 0.15) is 0 Å². The predicted molar refractivity (Wildman–Crippen MR) is 53.4 cm³/mol. The third kappa shape index (κ3) is 5.17. The van der Waals surface area contributed by atoms with Crippen LogP contribution in [-0.2, 0) is 0 Å². The molecule has 1 aliphatic heterocycles. The Morgan fingerprint density at radius 2 is 2.00 bits per heavy atom. The van der Waals surface area contributed by atoms with Gasteiger partial charge in [0.2, 0.25) is 0 Å². The molecule has 0 N–H and O–H groups in total. The van der Waals surface area contributed by atoms with Crippen LogP contribution in [0.3, 0.4) is 0 Å². The molecule has 0 bridgehead atoms. The van der Waals surface area contributed by atoms with E-state index in [1.165, 1.54) is 0 Å². The van der Waals surface area contributed by atoms with Crippen molar-refractivity contribution in [2.75, 3.05) is 0 Å². The maximum atomic E-state index is 2.23. The van der Waals surface area contributed by atoms with E-state index in [2.05, 4.69) is 27.0 Å². The standard InChI is InChI=1S/S4Se4/c1-2-5-4-7-8-6-3-1. The van der Waals surface area contributed by atoms with Gasteiger partial charge >= 0.3 is 84.9 Å². The van der Waals surface area contributed by atoms with Crippen molar-refractivity contribution < 1.29 is 0 Å². The van der Waals surface area contributed by atoms with Crippen LogP contribution in [0.25, 0.3) is 0 Å². The van der Waals surface area contributed by atoms with Crippen LogP contribution in [0.4, 0.5) is 0 Å². The van der Waals surface area contributed by atoms with Crippen LogP contribution in [0.2, 0.25) is 0 Å². The van der Waals surface area contributed by atoms with E-state index in [0.29, 0.717) is 0 Å². The van der Waals surface area contributed by atoms with Crippen LogP contribution in [0.15, 0.2) is 0 Å². The summed E-state index contributed by atoms with van der Waals surface area (Å²) in [4.78, 5) is 0. The average Bonchev–Trinajstić information content (AvgIpc) is 1.62. The van der Waals surface area contributed by atoms with Crippen LogP contribution >= 0.6 is 36.8 Å². The van der Waals surface area contributed by atoms with Gasteiger partial charge in [0.05, 0.1) is 0 Å². The molecule has 0 spiro atoms. The Morgan fingerprint density at radius 1 is 1.00 bits per heavy atom. The van der Waals surface area contributed by atoms with Crippen molar-refractivity contribution in [2.45, 2.75) is 0 Å². The molecule has 1 rings (SSSR count). The first-order valence-electron chi connectivity index (χ1n) is 1.33. The molecule has 48 valence electrons. The normalized spacial score (nSPS) is 24.0. The van der Waals surface area contributed by atoms with Gasteiger partial charge in [-0.15, -0.1) is 0 Å². The fourth-order valence-corrected chi connectivity index (χ4v) is 97.3. The van der Waals surface area contributed by atoms with Gasteiger partial charge in [0.25, 0.3) is 0 Å². The van der Waals surface area contributed by atoms with Gasteiger partial charge in [-0.1, -0.05) is 0 Å². The molecule has 0 amide bonds. The van der Waals surface area contributed by atoms with Crippen LogP contribution in [0.5, 0.6) is 0 Å². The molecule has 0 aromatic heterocycles. The monoisotopic (exact) mass is 448 g/mol. The summed E-state index contributed by atoms with van der Waals surface area (Å²) in [6.07, 6.45) is 0. The minimum absolute atomic E-state index is 0.857. The molecule has 0 aromatic carbocycles. The second-order valence-corrected chi connectivity index (χ2v) is 37.5. The fraction of sp³-hybridized carbons (Fsp3) is 0. The van der Waals surface area contributed by atoms with E-state index >= 15 is 0 Å². The molecule has 0 radical (unpaired) electrons. The summed E-state index contributed by atoms with van der Waals surface area (Å²) in [6, 6.07) is 0. The summed E-state index contributed by atoms with van der Waals surface area (Å²) in [7, 11) is 8.44. The predicted octanol–water partition coefficient (Wildman–Crippen LogP) is 1.07. The zero-order chi connectivity index (χ0) is 5.66.